The fraction of sp³-hybridized carbons (Fsp3) is 0.809. The van der Waals surface area contributed by atoms with E-state index in [0.29, 0.717) is 19.3 Å². The summed E-state index contributed by atoms with van der Waals surface area (Å²) < 4.78 is 16.9. The Kier molecular flexibility index (Phi) is 60.2. The fourth-order valence-corrected chi connectivity index (χ4v) is 9.36. The highest BCUT2D eigenvalue weighted by Gasteiger charge is 2.19. The molecule has 0 aromatic heterocycles. The Hall–Kier alpha value is -2.89. The van der Waals surface area contributed by atoms with Crippen LogP contribution in [0.4, 0.5) is 0 Å². The average Bonchev–Trinajstić information content (AvgIpc) is 3.40. The van der Waals surface area contributed by atoms with Crippen molar-refractivity contribution in [3.8, 4) is 0 Å². The zero-order chi connectivity index (χ0) is 53.6. The van der Waals surface area contributed by atoms with E-state index in [0.717, 1.165) is 83.5 Å². The van der Waals surface area contributed by atoms with Gasteiger partial charge in [-0.1, -0.05) is 287 Å². The normalized spacial score (nSPS) is 12.4. The molecule has 0 spiro atoms. The molecule has 0 radical (unpaired) electrons. The number of ether oxygens (including phenoxy) is 3. The molecule has 0 amide bonds. The van der Waals surface area contributed by atoms with Gasteiger partial charge in [-0.3, -0.25) is 14.4 Å². The number of carbonyl (C=O) groups is 3. The Bertz CT molecular complexity index is 1330. The fourth-order valence-electron chi connectivity index (χ4n) is 9.36. The van der Waals surface area contributed by atoms with E-state index in [1.54, 1.807) is 0 Å². The quantitative estimate of drug-likeness (QED) is 0.0261. The molecule has 1 unspecified atom stereocenters. The van der Waals surface area contributed by atoms with Crippen LogP contribution in [-0.4, -0.2) is 37.2 Å². The third kappa shape index (κ3) is 60.0. The Morgan fingerprint density at radius 3 is 0.784 bits per heavy atom. The van der Waals surface area contributed by atoms with Gasteiger partial charge in [0.25, 0.3) is 0 Å². The minimum Gasteiger partial charge on any atom is -0.462 e. The molecule has 0 aliphatic rings. The number of esters is 3. The van der Waals surface area contributed by atoms with Gasteiger partial charge in [0, 0.05) is 19.3 Å². The van der Waals surface area contributed by atoms with E-state index in [1.807, 2.05) is 0 Å². The summed E-state index contributed by atoms with van der Waals surface area (Å²) in [5, 5.41) is 0. The van der Waals surface area contributed by atoms with E-state index in [4.69, 9.17) is 14.2 Å². The van der Waals surface area contributed by atoms with Crippen LogP contribution in [-0.2, 0) is 28.6 Å². The molecule has 6 heteroatoms. The van der Waals surface area contributed by atoms with Crippen LogP contribution >= 0.6 is 0 Å². The number of carbonyl (C=O) groups excluding carboxylic acids is 3. The smallest absolute Gasteiger partial charge is 0.306 e. The molecule has 6 nitrogen and oxygen atoms in total. The molecule has 0 bridgehead atoms. The summed E-state index contributed by atoms with van der Waals surface area (Å²) in [5.74, 6) is -0.874. The lowest BCUT2D eigenvalue weighted by Gasteiger charge is -2.18. The van der Waals surface area contributed by atoms with Crippen molar-refractivity contribution in [2.45, 2.75) is 341 Å². The first-order valence-electron chi connectivity index (χ1n) is 32.3. The first-order valence-corrected chi connectivity index (χ1v) is 32.3. The van der Waals surface area contributed by atoms with Gasteiger partial charge in [0.15, 0.2) is 6.10 Å². The largest absolute Gasteiger partial charge is 0.462 e. The van der Waals surface area contributed by atoms with Crippen molar-refractivity contribution in [3.63, 3.8) is 0 Å². The van der Waals surface area contributed by atoms with Gasteiger partial charge in [-0.25, -0.2) is 0 Å². The van der Waals surface area contributed by atoms with Gasteiger partial charge in [-0.2, -0.15) is 0 Å². The summed E-state index contributed by atoms with van der Waals surface area (Å²) in [7, 11) is 0. The van der Waals surface area contributed by atoms with Gasteiger partial charge in [0.05, 0.1) is 0 Å². The highest BCUT2D eigenvalue weighted by molar-refractivity contribution is 5.71. The molecule has 0 aromatic carbocycles. The number of unbranched alkanes of at least 4 members (excludes halogenated alkanes) is 38. The number of allylic oxidation sites excluding steroid dienone is 10. The van der Waals surface area contributed by atoms with Crippen LogP contribution in [0.25, 0.3) is 0 Å². The van der Waals surface area contributed by atoms with E-state index >= 15 is 0 Å². The van der Waals surface area contributed by atoms with Gasteiger partial charge in [0.1, 0.15) is 13.2 Å². The maximum Gasteiger partial charge on any atom is 0.306 e. The molecular weight excluding hydrogens is 913 g/mol. The predicted octanol–water partition coefficient (Wildman–Crippen LogP) is 21.9. The molecule has 1 atom stereocenters. The summed E-state index contributed by atoms with van der Waals surface area (Å²) in [4.78, 5) is 38.2. The zero-order valence-electron chi connectivity index (χ0n) is 49.4. The number of hydrogen-bond acceptors (Lipinski definition) is 6. The maximum atomic E-state index is 12.9. The van der Waals surface area contributed by atoms with Crippen LogP contribution in [0.1, 0.15) is 335 Å². The van der Waals surface area contributed by atoms with Gasteiger partial charge in [0.2, 0.25) is 0 Å². The molecule has 0 N–H and O–H groups in total. The first kappa shape index (κ1) is 71.1. The Morgan fingerprint density at radius 2 is 0.486 bits per heavy atom. The number of hydrogen-bond donors (Lipinski definition) is 0. The van der Waals surface area contributed by atoms with Crippen LogP contribution in [0.3, 0.4) is 0 Å². The second-order valence-electron chi connectivity index (χ2n) is 21.7. The highest BCUT2D eigenvalue weighted by atomic mass is 16.6. The third-order valence-electron chi connectivity index (χ3n) is 14.2. The van der Waals surface area contributed by atoms with Crippen LogP contribution < -0.4 is 0 Å². The van der Waals surface area contributed by atoms with E-state index in [9.17, 15) is 14.4 Å². The van der Waals surface area contributed by atoms with Crippen LogP contribution in [0.2, 0.25) is 0 Å². The van der Waals surface area contributed by atoms with Crippen molar-refractivity contribution in [2.75, 3.05) is 13.2 Å². The predicted molar refractivity (Wildman–Crippen MR) is 321 cm³/mol. The lowest BCUT2D eigenvalue weighted by atomic mass is 10.0. The molecule has 0 fully saturated rings. The molecule has 0 aliphatic heterocycles. The molecular formula is C68H122O6. The van der Waals surface area contributed by atoms with Crippen molar-refractivity contribution < 1.29 is 28.6 Å². The minimum absolute atomic E-state index is 0.0762. The van der Waals surface area contributed by atoms with Crippen molar-refractivity contribution in [3.05, 3.63) is 60.8 Å². The summed E-state index contributed by atoms with van der Waals surface area (Å²) >= 11 is 0. The van der Waals surface area contributed by atoms with Gasteiger partial charge < -0.3 is 14.2 Å². The van der Waals surface area contributed by atoms with Crippen molar-refractivity contribution in [2.24, 2.45) is 0 Å². The summed E-state index contributed by atoms with van der Waals surface area (Å²) in [6, 6.07) is 0. The Labute approximate surface area is 460 Å². The molecule has 0 aliphatic carbocycles. The third-order valence-corrected chi connectivity index (χ3v) is 14.2. The van der Waals surface area contributed by atoms with Gasteiger partial charge in [-0.15, -0.1) is 0 Å². The first-order chi connectivity index (χ1) is 36.5. The Morgan fingerprint density at radius 1 is 0.270 bits per heavy atom. The molecule has 0 saturated carbocycles. The average molecular weight is 1040 g/mol. The SMILES string of the molecule is CCCCC/C=C\C/C=C\C/C=C\CCCCCCCCC(=O)OC(COC(=O)CCCCCCCCCCCC)COC(=O)CCCCCCCCCCCCCCCCC/C=C\C/C=C\CCCCCCC. The van der Waals surface area contributed by atoms with E-state index in [2.05, 4.69) is 81.5 Å². The Balaban J connectivity index is 4.20. The molecule has 0 aromatic rings. The lowest BCUT2D eigenvalue weighted by Crippen LogP contribution is -2.30. The van der Waals surface area contributed by atoms with Crippen molar-refractivity contribution >= 4 is 17.9 Å². The summed E-state index contributed by atoms with van der Waals surface area (Å²) in [6.45, 7) is 6.62. The number of rotatable bonds is 59. The second-order valence-corrected chi connectivity index (χ2v) is 21.7. The second kappa shape index (κ2) is 62.6. The van der Waals surface area contributed by atoms with Gasteiger partial charge >= 0.3 is 17.9 Å². The van der Waals surface area contributed by atoms with Crippen LogP contribution in [0.5, 0.6) is 0 Å². The maximum absolute atomic E-state index is 12.9. The van der Waals surface area contributed by atoms with Crippen molar-refractivity contribution in [1.82, 2.24) is 0 Å². The van der Waals surface area contributed by atoms with Crippen LogP contribution in [0.15, 0.2) is 60.8 Å². The topological polar surface area (TPSA) is 78.9 Å². The standard InChI is InChI=1S/C68H122O6/c1-4-7-10-13-16-19-22-24-26-28-30-31-32-33-34-35-36-37-39-40-42-44-46-49-52-55-58-61-67(70)73-64-65(63-72-66(69)60-57-54-51-48-21-18-15-12-9-6-3)74-68(71)62-59-56-53-50-47-45-43-41-38-29-27-25-23-20-17-14-11-8-5-2/h17,20,22,24-25,27-28,30,38,41,65H,4-16,18-19,21,23,26,29,31-37,39-40,42-64H2,1-3H3/b20-17-,24-22-,27-25-,30-28-,41-38-. The van der Waals surface area contributed by atoms with E-state index in [1.165, 1.54) is 212 Å². The van der Waals surface area contributed by atoms with E-state index in [-0.39, 0.29) is 31.1 Å². The molecule has 0 rings (SSSR count). The van der Waals surface area contributed by atoms with E-state index < -0.39 is 6.10 Å². The molecule has 0 saturated heterocycles. The van der Waals surface area contributed by atoms with Gasteiger partial charge in [-0.05, 0) is 89.9 Å². The zero-order valence-corrected chi connectivity index (χ0v) is 49.4. The monoisotopic (exact) mass is 1030 g/mol. The summed E-state index contributed by atoms with van der Waals surface area (Å²) in [6.07, 6.45) is 79.5. The molecule has 430 valence electrons. The molecule has 0 heterocycles. The minimum atomic E-state index is -0.779. The lowest BCUT2D eigenvalue weighted by molar-refractivity contribution is -0.167. The van der Waals surface area contributed by atoms with Crippen LogP contribution in [0, 0.1) is 0 Å². The highest BCUT2D eigenvalue weighted by Crippen LogP contribution is 2.17. The molecule has 74 heavy (non-hydrogen) atoms. The summed E-state index contributed by atoms with van der Waals surface area (Å²) in [5.41, 5.74) is 0. The van der Waals surface area contributed by atoms with Crippen molar-refractivity contribution in [1.29, 1.82) is 0 Å².